The van der Waals surface area contributed by atoms with Gasteiger partial charge >= 0.3 is 0 Å². The molecule has 0 aliphatic carbocycles. The molecule has 1 aliphatic heterocycles. The molecule has 0 saturated heterocycles. The van der Waals surface area contributed by atoms with E-state index in [1.54, 1.807) is 0 Å². The number of benzene rings is 6. The third-order valence-electron chi connectivity index (χ3n) is 8.57. The van der Waals surface area contributed by atoms with Crippen LogP contribution in [0.5, 0.6) is 0 Å². The number of para-hydroxylation sites is 5. The number of fused-ring (bicyclic) bond motifs is 9. The van der Waals surface area contributed by atoms with Crippen molar-refractivity contribution in [2.45, 2.75) is 0 Å². The predicted octanol–water partition coefficient (Wildman–Crippen LogP) is 6.71. The quantitative estimate of drug-likeness (QED) is 0.225. The van der Waals surface area contributed by atoms with Gasteiger partial charge in [-0.05, 0) is 35.2 Å². The summed E-state index contributed by atoms with van der Waals surface area (Å²) in [4.78, 5) is 0. The monoisotopic (exact) mass is 494 g/mol. The molecule has 3 heteroatoms. The van der Waals surface area contributed by atoms with Gasteiger partial charge in [0.15, 0.2) is 0 Å². The van der Waals surface area contributed by atoms with E-state index < -0.39 is 0 Å². The Balaban J connectivity index is 1.62. The summed E-state index contributed by atoms with van der Waals surface area (Å²) in [6.45, 7) is 0.0692. The lowest BCUT2D eigenvalue weighted by molar-refractivity contribution is 1.14. The van der Waals surface area contributed by atoms with Crippen LogP contribution in [0.25, 0.3) is 55.0 Å². The first-order chi connectivity index (χ1) is 19.4. The highest BCUT2D eigenvalue weighted by Crippen LogP contribution is 2.39. The van der Waals surface area contributed by atoms with Crippen LogP contribution in [0.4, 0.5) is 0 Å². The normalized spacial score (nSPS) is 12.6. The van der Waals surface area contributed by atoms with Crippen LogP contribution in [0.15, 0.2) is 140 Å². The second kappa shape index (κ2) is 7.75. The summed E-state index contributed by atoms with van der Waals surface area (Å²) >= 11 is 0. The fourth-order valence-corrected chi connectivity index (χ4v) is 7.07. The van der Waals surface area contributed by atoms with Crippen LogP contribution in [-0.2, 0) is 0 Å². The Morgan fingerprint density at radius 3 is 1.64 bits per heavy atom. The Hall–Kier alpha value is -5.02. The van der Waals surface area contributed by atoms with Gasteiger partial charge in [-0.2, -0.15) is 0 Å². The SMILES string of the molecule is c1ccc(B2c3ccccc3-n3c4ccccc4c4cccc(c43)-n3c4ccccc4c4cccc2c43)cc1. The standard InChI is InChI=1S/C36H23BN2/c1-2-12-24(13-3-1)37-29-18-6-9-22-33(29)38-31-20-7-5-15-26(31)28-17-11-23-34(36(28)38)39-32-21-8-4-14-25(32)27-16-10-19-30(37)35(27)39/h1-23H. The predicted molar refractivity (Wildman–Crippen MR) is 166 cm³/mol. The van der Waals surface area contributed by atoms with Gasteiger partial charge < -0.3 is 9.13 Å². The molecule has 8 aromatic rings. The molecule has 180 valence electrons. The summed E-state index contributed by atoms with van der Waals surface area (Å²) in [5.41, 5.74) is 11.4. The van der Waals surface area contributed by atoms with Gasteiger partial charge in [-0.25, -0.2) is 0 Å². The minimum Gasteiger partial charge on any atom is -0.308 e. The average molecular weight is 494 g/mol. The highest BCUT2D eigenvalue weighted by molar-refractivity contribution is 6.97. The first kappa shape index (κ1) is 21.0. The van der Waals surface area contributed by atoms with Crippen LogP contribution in [0.2, 0.25) is 0 Å². The lowest BCUT2D eigenvalue weighted by Gasteiger charge is -2.20. The van der Waals surface area contributed by atoms with Gasteiger partial charge in [0.1, 0.15) is 0 Å². The zero-order chi connectivity index (χ0) is 25.5. The molecular formula is C36H23BN2. The summed E-state index contributed by atoms with van der Waals surface area (Å²) < 4.78 is 5.04. The second-order valence-electron chi connectivity index (χ2n) is 10.5. The maximum Gasteiger partial charge on any atom is 0.246 e. The maximum atomic E-state index is 2.53. The van der Waals surface area contributed by atoms with Crippen LogP contribution in [0.1, 0.15) is 0 Å². The number of hydrogen-bond acceptors (Lipinski definition) is 0. The maximum absolute atomic E-state index is 2.53. The summed E-state index contributed by atoms with van der Waals surface area (Å²) in [7, 11) is 0. The summed E-state index contributed by atoms with van der Waals surface area (Å²) in [6, 6.07) is 51.4. The van der Waals surface area contributed by atoms with E-state index >= 15 is 0 Å². The molecule has 0 bridgehead atoms. The number of aromatic nitrogens is 2. The van der Waals surface area contributed by atoms with Crippen molar-refractivity contribution in [2.75, 3.05) is 0 Å². The summed E-state index contributed by atoms with van der Waals surface area (Å²) in [5.74, 6) is 0. The molecule has 1 aliphatic rings. The molecule has 0 unspecified atom stereocenters. The van der Waals surface area contributed by atoms with E-state index in [0.29, 0.717) is 0 Å². The molecule has 0 N–H and O–H groups in total. The van der Waals surface area contributed by atoms with Crippen molar-refractivity contribution in [3.05, 3.63) is 140 Å². The van der Waals surface area contributed by atoms with E-state index in [1.807, 2.05) is 0 Å². The van der Waals surface area contributed by atoms with E-state index in [-0.39, 0.29) is 6.71 Å². The van der Waals surface area contributed by atoms with E-state index in [1.165, 1.54) is 71.4 Å². The van der Waals surface area contributed by atoms with E-state index in [2.05, 4.69) is 149 Å². The molecular weight excluding hydrogens is 471 g/mol. The minimum atomic E-state index is 0.0692. The van der Waals surface area contributed by atoms with Crippen LogP contribution >= 0.6 is 0 Å². The minimum absolute atomic E-state index is 0.0692. The van der Waals surface area contributed by atoms with Gasteiger partial charge in [0.2, 0.25) is 6.71 Å². The van der Waals surface area contributed by atoms with Crippen LogP contribution in [0, 0.1) is 0 Å². The molecule has 0 saturated carbocycles. The van der Waals surface area contributed by atoms with Gasteiger partial charge in [0, 0.05) is 32.7 Å². The van der Waals surface area contributed by atoms with Gasteiger partial charge in [-0.3, -0.25) is 0 Å². The van der Waals surface area contributed by atoms with Crippen LogP contribution in [-0.4, -0.2) is 15.8 Å². The van der Waals surface area contributed by atoms with Gasteiger partial charge in [-0.1, -0.05) is 121 Å². The van der Waals surface area contributed by atoms with Gasteiger partial charge in [0.25, 0.3) is 0 Å². The lowest BCUT2D eigenvalue weighted by Crippen LogP contribution is -2.53. The van der Waals surface area contributed by atoms with Gasteiger partial charge in [0.05, 0.1) is 22.2 Å². The van der Waals surface area contributed by atoms with Crippen molar-refractivity contribution in [2.24, 2.45) is 0 Å². The second-order valence-corrected chi connectivity index (χ2v) is 10.5. The first-order valence-corrected chi connectivity index (χ1v) is 13.6. The Morgan fingerprint density at radius 2 is 0.872 bits per heavy atom. The number of nitrogens with zero attached hydrogens (tertiary/aromatic N) is 2. The Kier molecular flexibility index (Phi) is 4.17. The smallest absolute Gasteiger partial charge is 0.246 e. The van der Waals surface area contributed by atoms with Crippen molar-refractivity contribution in [1.29, 1.82) is 0 Å². The number of hydrogen-bond donors (Lipinski definition) is 0. The zero-order valence-corrected chi connectivity index (χ0v) is 21.3. The molecule has 0 amide bonds. The molecule has 39 heavy (non-hydrogen) atoms. The van der Waals surface area contributed by atoms with E-state index in [4.69, 9.17) is 0 Å². The molecule has 0 radical (unpaired) electrons. The van der Waals surface area contributed by atoms with Crippen molar-refractivity contribution < 1.29 is 0 Å². The average Bonchev–Trinajstić information content (AvgIpc) is 3.53. The van der Waals surface area contributed by atoms with E-state index in [0.717, 1.165) is 0 Å². The zero-order valence-electron chi connectivity index (χ0n) is 21.3. The van der Waals surface area contributed by atoms with Crippen molar-refractivity contribution in [1.82, 2.24) is 9.13 Å². The fourth-order valence-electron chi connectivity index (χ4n) is 7.07. The largest absolute Gasteiger partial charge is 0.308 e. The third-order valence-corrected chi connectivity index (χ3v) is 8.57. The Bertz CT molecular complexity index is 2240. The number of rotatable bonds is 1. The van der Waals surface area contributed by atoms with Crippen molar-refractivity contribution in [3.8, 4) is 11.4 Å². The fraction of sp³-hybridized carbons (Fsp3) is 0. The van der Waals surface area contributed by atoms with Crippen molar-refractivity contribution in [3.63, 3.8) is 0 Å². The topological polar surface area (TPSA) is 9.86 Å². The first-order valence-electron chi connectivity index (χ1n) is 13.6. The highest BCUT2D eigenvalue weighted by atomic mass is 15.1. The molecule has 6 aromatic carbocycles. The molecule has 2 nitrogen and oxygen atoms in total. The molecule has 0 spiro atoms. The molecule has 9 rings (SSSR count). The summed E-state index contributed by atoms with van der Waals surface area (Å²) in [5, 5.41) is 5.14. The van der Waals surface area contributed by atoms with E-state index in [9.17, 15) is 0 Å². The summed E-state index contributed by atoms with van der Waals surface area (Å²) in [6.07, 6.45) is 0. The molecule has 0 fully saturated rings. The molecule has 0 atom stereocenters. The molecule has 3 heterocycles. The molecule has 2 aromatic heterocycles. The van der Waals surface area contributed by atoms with Gasteiger partial charge in [-0.15, -0.1) is 0 Å². The van der Waals surface area contributed by atoms with Crippen molar-refractivity contribution >= 4 is 66.7 Å². The van der Waals surface area contributed by atoms with Crippen LogP contribution < -0.4 is 16.4 Å². The lowest BCUT2D eigenvalue weighted by atomic mass is 9.36. The van der Waals surface area contributed by atoms with Crippen LogP contribution in [0.3, 0.4) is 0 Å². The Morgan fingerprint density at radius 1 is 0.359 bits per heavy atom. The third kappa shape index (κ3) is 2.72. The Labute approximate surface area is 226 Å². The highest BCUT2D eigenvalue weighted by Gasteiger charge is 2.31.